The Morgan fingerprint density at radius 2 is 1.56 bits per heavy atom. The molecule has 0 aromatic heterocycles. The minimum Gasteiger partial charge on any atom is -0.482 e. The van der Waals surface area contributed by atoms with Crippen LogP contribution >= 0.6 is 0 Å². The van der Waals surface area contributed by atoms with Crippen LogP contribution in [0.25, 0.3) is 0 Å². The number of hydrogen-bond donors (Lipinski definition) is 0. The fourth-order valence-corrected chi connectivity index (χ4v) is 1.29. The van der Waals surface area contributed by atoms with E-state index in [2.05, 4.69) is 6.58 Å². The number of fused-ring (bicyclic) bond motifs is 1. The summed E-state index contributed by atoms with van der Waals surface area (Å²) in [5.74, 6) is -8.58. The molecule has 0 amide bonds. The van der Waals surface area contributed by atoms with E-state index in [9.17, 15) is 17.6 Å². The van der Waals surface area contributed by atoms with Crippen molar-refractivity contribution < 1.29 is 27.0 Å². The second-order valence-corrected chi connectivity index (χ2v) is 3.12. The molecule has 0 N–H and O–H groups in total. The van der Waals surface area contributed by atoms with Crippen molar-refractivity contribution in [2.75, 3.05) is 6.61 Å². The van der Waals surface area contributed by atoms with Gasteiger partial charge in [0.25, 0.3) is 0 Å². The van der Waals surface area contributed by atoms with Crippen molar-refractivity contribution >= 4 is 0 Å². The van der Waals surface area contributed by atoms with E-state index in [4.69, 9.17) is 9.47 Å². The van der Waals surface area contributed by atoms with Crippen molar-refractivity contribution in [2.45, 2.75) is 6.10 Å². The Labute approximate surface area is 88.1 Å². The molecular formula is C10H6F4O2. The van der Waals surface area contributed by atoms with Gasteiger partial charge < -0.3 is 9.47 Å². The predicted octanol–water partition coefficient (Wildman–Crippen LogP) is 2.57. The maximum atomic E-state index is 13.2. The van der Waals surface area contributed by atoms with Crippen LogP contribution in [0.5, 0.6) is 11.5 Å². The summed E-state index contributed by atoms with van der Waals surface area (Å²) in [6.45, 7) is 3.22. The van der Waals surface area contributed by atoms with Crippen LogP contribution in [0.4, 0.5) is 17.6 Å². The average molecular weight is 234 g/mol. The Kier molecular flexibility index (Phi) is 2.49. The van der Waals surface area contributed by atoms with Gasteiger partial charge in [0.05, 0.1) is 0 Å². The minimum atomic E-state index is -1.93. The van der Waals surface area contributed by atoms with Gasteiger partial charge in [0.2, 0.25) is 34.8 Å². The fraction of sp³-hybridized carbons (Fsp3) is 0.200. The van der Waals surface area contributed by atoms with Crippen LogP contribution in [0.3, 0.4) is 0 Å². The van der Waals surface area contributed by atoms with Crippen LogP contribution in [0.2, 0.25) is 0 Å². The van der Waals surface area contributed by atoms with E-state index in [0.29, 0.717) is 0 Å². The van der Waals surface area contributed by atoms with E-state index in [-0.39, 0.29) is 6.61 Å². The zero-order valence-electron chi connectivity index (χ0n) is 7.90. The Morgan fingerprint density at radius 1 is 1.00 bits per heavy atom. The summed E-state index contributed by atoms with van der Waals surface area (Å²) in [7, 11) is 0. The van der Waals surface area contributed by atoms with Crippen LogP contribution in [0.1, 0.15) is 0 Å². The molecule has 86 valence electrons. The first-order valence-electron chi connectivity index (χ1n) is 4.34. The zero-order valence-corrected chi connectivity index (χ0v) is 7.90. The topological polar surface area (TPSA) is 18.5 Å². The largest absolute Gasteiger partial charge is 0.482 e. The van der Waals surface area contributed by atoms with E-state index in [1.807, 2.05) is 0 Å². The Hall–Kier alpha value is -1.72. The molecule has 1 aromatic carbocycles. The molecule has 0 aliphatic carbocycles. The van der Waals surface area contributed by atoms with Gasteiger partial charge in [-0.05, 0) is 6.08 Å². The van der Waals surface area contributed by atoms with Crippen molar-refractivity contribution in [3.05, 3.63) is 35.9 Å². The molecule has 1 aromatic rings. The van der Waals surface area contributed by atoms with Crippen LogP contribution < -0.4 is 9.47 Å². The number of rotatable bonds is 1. The summed E-state index contributed by atoms with van der Waals surface area (Å²) in [5.41, 5.74) is 0. The average Bonchev–Trinajstić information content (AvgIpc) is 2.33. The highest BCUT2D eigenvalue weighted by Crippen LogP contribution is 2.39. The normalized spacial score (nSPS) is 18.4. The molecule has 2 rings (SSSR count). The molecule has 6 heteroatoms. The number of ether oxygens (including phenoxy) is 2. The standard InChI is InChI=1S/C10H6F4O2/c1-2-4-3-15-9-7(13)5(11)6(12)8(14)10(9)16-4/h2,4H,1,3H2. The lowest BCUT2D eigenvalue weighted by Gasteiger charge is -2.25. The van der Waals surface area contributed by atoms with Crippen molar-refractivity contribution in [3.63, 3.8) is 0 Å². The zero-order chi connectivity index (χ0) is 11.9. The summed E-state index contributed by atoms with van der Waals surface area (Å²) in [4.78, 5) is 0. The van der Waals surface area contributed by atoms with Gasteiger partial charge >= 0.3 is 0 Å². The van der Waals surface area contributed by atoms with Crippen molar-refractivity contribution in [3.8, 4) is 11.5 Å². The lowest BCUT2D eigenvalue weighted by atomic mass is 10.2. The van der Waals surface area contributed by atoms with E-state index in [1.54, 1.807) is 0 Å². The summed E-state index contributed by atoms with van der Waals surface area (Å²) in [6.07, 6.45) is 0.549. The van der Waals surface area contributed by atoms with Gasteiger partial charge in [-0.1, -0.05) is 6.58 Å². The molecule has 0 bridgehead atoms. The molecule has 0 saturated heterocycles. The maximum absolute atomic E-state index is 13.2. The van der Waals surface area contributed by atoms with Gasteiger partial charge in [0.15, 0.2) is 6.10 Å². The molecule has 1 unspecified atom stereocenters. The van der Waals surface area contributed by atoms with E-state index in [0.717, 1.165) is 0 Å². The Morgan fingerprint density at radius 3 is 2.12 bits per heavy atom. The molecule has 0 radical (unpaired) electrons. The SMILES string of the molecule is C=CC1COc2c(F)c(F)c(F)c(F)c2O1. The summed E-state index contributed by atoms with van der Waals surface area (Å²) >= 11 is 0. The molecule has 2 nitrogen and oxygen atoms in total. The molecule has 0 spiro atoms. The van der Waals surface area contributed by atoms with Gasteiger partial charge in [-0.2, -0.15) is 8.78 Å². The third-order valence-corrected chi connectivity index (χ3v) is 2.11. The number of halogens is 4. The van der Waals surface area contributed by atoms with Crippen LogP contribution in [0, 0.1) is 23.3 Å². The fourth-order valence-electron chi connectivity index (χ4n) is 1.29. The summed E-state index contributed by atoms with van der Waals surface area (Å²) < 4.78 is 61.6. The summed E-state index contributed by atoms with van der Waals surface area (Å²) in [6, 6.07) is 0. The van der Waals surface area contributed by atoms with Crippen LogP contribution in [-0.4, -0.2) is 12.7 Å². The second kappa shape index (κ2) is 3.70. The van der Waals surface area contributed by atoms with E-state index < -0.39 is 40.9 Å². The third kappa shape index (κ3) is 1.41. The Balaban J connectivity index is 2.60. The highest BCUT2D eigenvalue weighted by Gasteiger charge is 2.32. The molecule has 0 fully saturated rings. The third-order valence-electron chi connectivity index (χ3n) is 2.11. The predicted molar refractivity (Wildman–Crippen MR) is 46.4 cm³/mol. The summed E-state index contributed by atoms with van der Waals surface area (Å²) in [5, 5.41) is 0. The second-order valence-electron chi connectivity index (χ2n) is 3.12. The smallest absolute Gasteiger partial charge is 0.207 e. The quantitative estimate of drug-likeness (QED) is 0.322. The maximum Gasteiger partial charge on any atom is 0.207 e. The van der Waals surface area contributed by atoms with E-state index in [1.165, 1.54) is 6.08 Å². The van der Waals surface area contributed by atoms with Crippen molar-refractivity contribution in [2.24, 2.45) is 0 Å². The van der Waals surface area contributed by atoms with Crippen molar-refractivity contribution in [1.82, 2.24) is 0 Å². The van der Waals surface area contributed by atoms with Gasteiger partial charge in [0.1, 0.15) is 6.61 Å². The van der Waals surface area contributed by atoms with Gasteiger partial charge in [-0.15, -0.1) is 0 Å². The first-order valence-corrected chi connectivity index (χ1v) is 4.34. The molecular weight excluding hydrogens is 228 g/mol. The van der Waals surface area contributed by atoms with E-state index >= 15 is 0 Å². The lowest BCUT2D eigenvalue weighted by molar-refractivity contribution is 0.107. The molecule has 1 atom stereocenters. The molecule has 1 aliphatic rings. The van der Waals surface area contributed by atoms with Crippen LogP contribution in [-0.2, 0) is 0 Å². The van der Waals surface area contributed by atoms with Crippen molar-refractivity contribution in [1.29, 1.82) is 0 Å². The highest BCUT2D eigenvalue weighted by atomic mass is 19.2. The van der Waals surface area contributed by atoms with Crippen LogP contribution in [0.15, 0.2) is 12.7 Å². The van der Waals surface area contributed by atoms with Gasteiger partial charge in [-0.3, -0.25) is 0 Å². The van der Waals surface area contributed by atoms with Gasteiger partial charge in [0, 0.05) is 0 Å². The molecule has 1 heterocycles. The molecule has 1 aliphatic heterocycles. The lowest BCUT2D eigenvalue weighted by Crippen LogP contribution is -2.28. The number of benzene rings is 1. The monoisotopic (exact) mass is 234 g/mol. The highest BCUT2D eigenvalue weighted by molar-refractivity contribution is 5.45. The Bertz CT molecular complexity index is 459. The first kappa shape index (κ1) is 10.8. The molecule has 0 saturated carbocycles. The first-order chi connectivity index (χ1) is 7.56. The number of hydrogen-bond acceptors (Lipinski definition) is 2. The molecule has 16 heavy (non-hydrogen) atoms. The van der Waals surface area contributed by atoms with Gasteiger partial charge in [-0.25, -0.2) is 8.78 Å². The minimum absolute atomic E-state index is 0.141.